The van der Waals surface area contributed by atoms with Gasteiger partial charge in [0.05, 0.1) is 12.2 Å². The van der Waals surface area contributed by atoms with Crippen molar-refractivity contribution in [2.75, 3.05) is 5.32 Å². The molecule has 0 aromatic carbocycles. The largest absolute Gasteiger partial charge is 0.362 e. The molecule has 78 valence electrons. The van der Waals surface area contributed by atoms with Crippen LogP contribution in [0.15, 0.2) is 30.7 Å². The van der Waals surface area contributed by atoms with Crippen LogP contribution in [0.25, 0.3) is 0 Å². The molecule has 0 aliphatic rings. The predicted molar refractivity (Wildman–Crippen MR) is 56.1 cm³/mol. The highest BCUT2D eigenvalue weighted by Crippen LogP contribution is 2.07. The van der Waals surface area contributed by atoms with Crippen molar-refractivity contribution in [2.24, 2.45) is 0 Å². The van der Waals surface area contributed by atoms with E-state index in [0.29, 0.717) is 12.4 Å². The molecule has 0 aliphatic carbocycles. The zero-order chi connectivity index (χ0) is 11.2. The summed E-state index contributed by atoms with van der Waals surface area (Å²) >= 11 is 0. The van der Waals surface area contributed by atoms with Crippen LogP contribution in [0.1, 0.15) is 11.4 Å². The Labute approximate surface area is 92.0 Å². The molecule has 0 saturated heterocycles. The van der Waals surface area contributed by atoms with Gasteiger partial charge in [0.15, 0.2) is 11.5 Å². The maximum Gasteiger partial charge on any atom is 0.182 e. The van der Waals surface area contributed by atoms with E-state index in [9.17, 15) is 0 Å². The number of hydrogen-bond acceptors (Lipinski definition) is 6. The van der Waals surface area contributed by atoms with E-state index in [2.05, 4.69) is 25.5 Å². The average molecular weight is 212 g/mol. The Balaban J connectivity index is 2.09. The summed E-state index contributed by atoms with van der Waals surface area (Å²) in [5.41, 5.74) is 1.04. The van der Waals surface area contributed by atoms with Crippen molar-refractivity contribution in [3.05, 3.63) is 42.1 Å². The van der Waals surface area contributed by atoms with Gasteiger partial charge in [-0.15, -0.1) is 0 Å². The van der Waals surface area contributed by atoms with Crippen LogP contribution >= 0.6 is 0 Å². The van der Waals surface area contributed by atoms with Crippen LogP contribution in [-0.2, 0) is 6.54 Å². The number of hydrogen-bond donors (Lipinski definition) is 1. The molecule has 16 heavy (non-hydrogen) atoms. The Hall–Kier alpha value is -2.55. The lowest BCUT2D eigenvalue weighted by Crippen LogP contribution is -2.06. The summed E-state index contributed by atoms with van der Waals surface area (Å²) in [7, 11) is 0. The minimum absolute atomic E-state index is 0.270. The van der Waals surface area contributed by atoms with Gasteiger partial charge in [-0.1, -0.05) is 0 Å². The lowest BCUT2D eigenvalue weighted by Gasteiger charge is -2.04. The Morgan fingerprint density at radius 3 is 2.88 bits per heavy atom. The van der Waals surface area contributed by atoms with Crippen molar-refractivity contribution in [2.45, 2.75) is 6.54 Å². The van der Waals surface area contributed by atoms with Crippen LogP contribution in [0.3, 0.4) is 0 Å². The van der Waals surface area contributed by atoms with Crippen molar-refractivity contribution in [3.8, 4) is 6.07 Å². The van der Waals surface area contributed by atoms with Crippen LogP contribution in [0.5, 0.6) is 0 Å². The number of nitriles is 1. The second kappa shape index (κ2) is 4.79. The van der Waals surface area contributed by atoms with Gasteiger partial charge in [-0.2, -0.15) is 15.5 Å². The molecule has 6 nitrogen and oxygen atoms in total. The quantitative estimate of drug-likeness (QED) is 0.807. The number of aromatic nitrogens is 4. The second-order valence-corrected chi connectivity index (χ2v) is 2.93. The summed E-state index contributed by atoms with van der Waals surface area (Å²) in [6.07, 6.45) is 4.61. The van der Waals surface area contributed by atoms with Crippen molar-refractivity contribution < 1.29 is 0 Å². The molecule has 2 rings (SSSR count). The zero-order valence-electron chi connectivity index (χ0n) is 8.33. The fourth-order valence-corrected chi connectivity index (χ4v) is 1.15. The molecule has 1 N–H and O–H groups in total. The minimum atomic E-state index is 0.270. The van der Waals surface area contributed by atoms with Gasteiger partial charge in [0.25, 0.3) is 0 Å². The average Bonchev–Trinajstić information content (AvgIpc) is 2.38. The Morgan fingerprint density at radius 2 is 2.12 bits per heavy atom. The normalized spacial score (nSPS) is 9.44. The SMILES string of the molecule is N#Cc1nccnc1NCc1cccnn1. The van der Waals surface area contributed by atoms with Crippen molar-refractivity contribution in [1.82, 2.24) is 20.2 Å². The van der Waals surface area contributed by atoms with E-state index in [-0.39, 0.29) is 5.69 Å². The lowest BCUT2D eigenvalue weighted by molar-refractivity contribution is 0.918. The van der Waals surface area contributed by atoms with Gasteiger partial charge in [0.2, 0.25) is 0 Å². The van der Waals surface area contributed by atoms with Gasteiger partial charge in [0.1, 0.15) is 6.07 Å². The summed E-state index contributed by atoms with van der Waals surface area (Å²) < 4.78 is 0. The van der Waals surface area contributed by atoms with E-state index < -0.39 is 0 Å². The maximum atomic E-state index is 8.80. The first kappa shape index (κ1) is 9.98. The summed E-state index contributed by atoms with van der Waals surface area (Å²) in [6, 6.07) is 5.59. The third-order valence-corrected chi connectivity index (χ3v) is 1.87. The van der Waals surface area contributed by atoms with E-state index in [0.717, 1.165) is 5.69 Å². The smallest absolute Gasteiger partial charge is 0.182 e. The number of nitrogens with zero attached hydrogens (tertiary/aromatic N) is 5. The lowest BCUT2D eigenvalue weighted by atomic mass is 10.3. The number of rotatable bonds is 3. The van der Waals surface area contributed by atoms with Crippen LogP contribution < -0.4 is 5.32 Å². The first-order valence-electron chi connectivity index (χ1n) is 4.61. The van der Waals surface area contributed by atoms with Crippen molar-refractivity contribution in [1.29, 1.82) is 5.26 Å². The Morgan fingerprint density at radius 1 is 1.25 bits per heavy atom. The van der Waals surface area contributed by atoms with Gasteiger partial charge >= 0.3 is 0 Å². The third kappa shape index (κ3) is 2.27. The number of nitrogens with one attached hydrogen (secondary N) is 1. The molecule has 0 spiro atoms. The van der Waals surface area contributed by atoms with Crippen LogP contribution in [-0.4, -0.2) is 20.2 Å². The van der Waals surface area contributed by atoms with E-state index >= 15 is 0 Å². The van der Waals surface area contributed by atoms with E-state index in [1.807, 2.05) is 12.1 Å². The van der Waals surface area contributed by atoms with Crippen molar-refractivity contribution >= 4 is 5.82 Å². The van der Waals surface area contributed by atoms with E-state index in [4.69, 9.17) is 5.26 Å². The zero-order valence-corrected chi connectivity index (χ0v) is 8.33. The molecule has 0 saturated carbocycles. The molecule has 0 radical (unpaired) electrons. The summed E-state index contributed by atoms with van der Waals surface area (Å²) in [5.74, 6) is 0.454. The monoisotopic (exact) mass is 212 g/mol. The molecule has 0 unspecified atom stereocenters. The highest BCUT2D eigenvalue weighted by Gasteiger charge is 2.03. The van der Waals surface area contributed by atoms with Crippen LogP contribution in [0, 0.1) is 11.3 Å². The Bertz CT molecular complexity index is 504. The third-order valence-electron chi connectivity index (χ3n) is 1.87. The first-order valence-corrected chi connectivity index (χ1v) is 4.61. The molecule has 6 heteroatoms. The fraction of sp³-hybridized carbons (Fsp3) is 0.100. The van der Waals surface area contributed by atoms with Gasteiger partial charge < -0.3 is 5.32 Å². The molecule has 2 heterocycles. The topological polar surface area (TPSA) is 87.4 Å². The highest BCUT2D eigenvalue weighted by atomic mass is 15.1. The highest BCUT2D eigenvalue weighted by molar-refractivity contribution is 5.46. The molecule has 0 amide bonds. The molecule has 2 aromatic rings. The molecule has 0 aliphatic heterocycles. The number of anilines is 1. The van der Waals surface area contributed by atoms with Crippen molar-refractivity contribution in [3.63, 3.8) is 0 Å². The molecular weight excluding hydrogens is 204 g/mol. The van der Waals surface area contributed by atoms with Gasteiger partial charge in [0, 0.05) is 18.6 Å². The van der Waals surface area contributed by atoms with Crippen LogP contribution in [0.4, 0.5) is 5.82 Å². The Kier molecular flexibility index (Phi) is 2.99. The predicted octanol–water partition coefficient (Wildman–Crippen LogP) is 0.750. The van der Waals surface area contributed by atoms with E-state index in [1.54, 1.807) is 12.3 Å². The standard InChI is InChI=1S/C10H8N6/c11-6-9-10(13-5-4-12-9)14-7-8-2-1-3-15-16-8/h1-5H,7H2,(H,13,14). The maximum absolute atomic E-state index is 8.80. The molecule has 0 fully saturated rings. The van der Waals surface area contributed by atoms with Gasteiger partial charge in [-0.05, 0) is 12.1 Å². The molecule has 2 aromatic heterocycles. The summed E-state index contributed by atoms with van der Waals surface area (Å²) in [4.78, 5) is 7.91. The van der Waals surface area contributed by atoms with E-state index in [1.165, 1.54) is 12.4 Å². The summed E-state index contributed by atoms with van der Waals surface area (Å²) in [5, 5.41) is 19.4. The first-order chi connectivity index (χ1) is 7.90. The second-order valence-electron chi connectivity index (χ2n) is 2.93. The van der Waals surface area contributed by atoms with Crippen LogP contribution in [0.2, 0.25) is 0 Å². The summed E-state index contributed by atoms with van der Waals surface area (Å²) in [6.45, 7) is 0.460. The fourth-order valence-electron chi connectivity index (χ4n) is 1.15. The van der Waals surface area contributed by atoms with Gasteiger partial charge in [-0.25, -0.2) is 9.97 Å². The van der Waals surface area contributed by atoms with Gasteiger partial charge in [-0.3, -0.25) is 0 Å². The molecule has 0 atom stereocenters. The minimum Gasteiger partial charge on any atom is -0.362 e. The molecule has 0 bridgehead atoms. The molecular formula is C10H8N6.